The van der Waals surface area contributed by atoms with Gasteiger partial charge in [0.15, 0.2) is 11.0 Å². The average molecular weight is 353 g/mol. The Balaban J connectivity index is 2.44. The van der Waals surface area contributed by atoms with Crippen molar-refractivity contribution in [3.8, 4) is 0 Å². The predicted octanol–water partition coefficient (Wildman–Crippen LogP) is 3.55. The number of sulfonamides is 1. The highest BCUT2D eigenvalue weighted by molar-refractivity contribution is 7.92. The summed E-state index contributed by atoms with van der Waals surface area (Å²) in [7, 11) is -3.84. The minimum atomic E-state index is -3.84. The van der Waals surface area contributed by atoms with Crippen molar-refractivity contribution in [1.29, 1.82) is 0 Å². The van der Waals surface area contributed by atoms with E-state index >= 15 is 0 Å². The number of aryl methyl sites for hydroxylation is 1. The number of hydrogen-bond donors (Lipinski definition) is 1. The van der Waals surface area contributed by atoms with Crippen molar-refractivity contribution >= 4 is 50.6 Å². The molecule has 1 N–H and O–H groups in total. The first kappa shape index (κ1) is 15.3. The SMILES string of the molecule is Cc1cc(Cl)ccc1S(=O)(=O)Nc1ncnc(Cl)c1Cl. The second kappa shape index (κ2) is 5.73. The Labute approximate surface area is 131 Å². The molecule has 0 aliphatic carbocycles. The molecule has 0 radical (unpaired) electrons. The summed E-state index contributed by atoms with van der Waals surface area (Å²) in [5.41, 5.74) is 0.501. The first-order chi connectivity index (χ1) is 9.31. The predicted molar refractivity (Wildman–Crippen MR) is 79.0 cm³/mol. The van der Waals surface area contributed by atoms with E-state index < -0.39 is 10.0 Å². The third kappa shape index (κ3) is 3.15. The molecule has 0 aliphatic rings. The monoisotopic (exact) mass is 351 g/mol. The maximum Gasteiger partial charge on any atom is 0.263 e. The molecule has 0 atom stereocenters. The van der Waals surface area contributed by atoms with Gasteiger partial charge in [0.25, 0.3) is 10.0 Å². The second-order valence-corrected chi connectivity index (χ2v) is 6.67. The molecule has 9 heteroatoms. The molecular weight excluding hydrogens is 345 g/mol. The summed E-state index contributed by atoms with van der Waals surface area (Å²) < 4.78 is 26.8. The Kier molecular flexibility index (Phi) is 4.39. The van der Waals surface area contributed by atoms with Crippen LogP contribution in [0, 0.1) is 6.92 Å². The molecule has 1 aromatic heterocycles. The maximum atomic E-state index is 12.3. The van der Waals surface area contributed by atoms with Gasteiger partial charge in [-0.2, -0.15) is 0 Å². The van der Waals surface area contributed by atoms with E-state index in [1.54, 1.807) is 13.0 Å². The topological polar surface area (TPSA) is 72.0 Å². The molecule has 0 unspecified atom stereocenters. The Morgan fingerprint density at radius 3 is 2.50 bits per heavy atom. The molecule has 2 rings (SSSR count). The lowest BCUT2D eigenvalue weighted by Gasteiger charge is -2.11. The van der Waals surface area contributed by atoms with Gasteiger partial charge in [-0.3, -0.25) is 4.72 Å². The van der Waals surface area contributed by atoms with E-state index in [2.05, 4.69) is 14.7 Å². The van der Waals surface area contributed by atoms with Gasteiger partial charge in [-0.25, -0.2) is 18.4 Å². The largest absolute Gasteiger partial charge is 0.263 e. The molecule has 2 aromatic rings. The van der Waals surface area contributed by atoms with E-state index in [0.29, 0.717) is 10.6 Å². The van der Waals surface area contributed by atoms with Gasteiger partial charge in [0.05, 0.1) is 4.90 Å². The number of anilines is 1. The number of rotatable bonds is 3. The molecule has 5 nitrogen and oxygen atoms in total. The summed E-state index contributed by atoms with van der Waals surface area (Å²) in [6, 6.07) is 4.43. The Morgan fingerprint density at radius 1 is 1.15 bits per heavy atom. The van der Waals surface area contributed by atoms with Crippen LogP contribution in [0.1, 0.15) is 5.56 Å². The summed E-state index contributed by atoms with van der Waals surface area (Å²) >= 11 is 17.4. The molecule has 0 spiro atoms. The Morgan fingerprint density at radius 2 is 1.85 bits per heavy atom. The zero-order valence-electron chi connectivity index (χ0n) is 10.1. The zero-order chi connectivity index (χ0) is 14.9. The standard InChI is InChI=1S/C11H8Cl3N3O2S/c1-6-4-7(12)2-3-8(6)20(18,19)17-11-9(13)10(14)15-5-16-11/h2-5H,1H3,(H,15,16,17). The average Bonchev–Trinajstić information content (AvgIpc) is 2.34. The summed E-state index contributed by atoms with van der Waals surface area (Å²) in [6.45, 7) is 1.63. The van der Waals surface area contributed by atoms with Crippen LogP contribution in [0.3, 0.4) is 0 Å². The van der Waals surface area contributed by atoms with Crippen LogP contribution in [0.25, 0.3) is 0 Å². The van der Waals surface area contributed by atoms with Crippen molar-refractivity contribution in [1.82, 2.24) is 9.97 Å². The van der Waals surface area contributed by atoms with Crippen LogP contribution in [-0.4, -0.2) is 18.4 Å². The highest BCUT2D eigenvalue weighted by Crippen LogP contribution is 2.28. The van der Waals surface area contributed by atoms with Gasteiger partial charge in [-0.05, 0) is 30.7 Å². The fourth-order valence-electron chi connectivity index (χ4n) is 1.52. The molecule has 0 saturated carbocycles. The third-order valence-corrected chi connectivity index (χ3v) is 4.88. The number of nitrogens with one attached hydrogen (secondary N) is 1. The zero-order valence-corrected chi connectivity index (χ0v) is 13.1. The molecule has 1 aromatic carbocycles. The fourth-order valence-corrected chi connectivity index (χ4v) is 3.33. The van der Waals surface area contributed by atoms with Crippen molar-refractivity contribution in [2.24, 2.45) is 0 Å². The smallest absolute Gasteiger partial charge is 0.262 e. The molecule has 0 saturated heterocycles. The summed E-state index contributed by atoms with van der Waals surface area (Å²) in [5.74, 6) is -0.0824. The van der Waals surface area contributed by atoms with Crippen molar-refractivity contribution in [2.45, 2.75) is 11.8 Å². The van der Waals surface area contributed by atoms with Crippen LogP contribution in [-0.2, 0) is 10.0 Å². The molecule has 0 fully saturated rings. The van der Waals surface area contributed by atoms with E-state index in [0.717, 1.165) is 6.33 Å². The molecule has 0 amide bonds. The number of nitrogens with zero attached hydrogens (tertiary/aromatic N) is 2. The van der Waals surface area contributed by atoms with Crippen LogP contribution < -0.4 is 4.72 Å². The van der Waals surface area contributed by atoms with Crippen LogP contribution in [0.4, 0.5) is 5.82 Å². The lowest BCUT2D eigenvalue weighted by Crippen LogP contribution is -2.15. The van der Waals surface area contributed by atoms with Crippen molar-refractivity contribution in [2.75, 3.05) is 4.72 Å². The molecule has 0 bridgehead atoms. The van der Waals surface area contributed by atoms with E-state index in [1.165, 1.54) is 12.1 Å². The summed E-state index contributed by atoms with van der Waals surface area (Å²) in [5, 5.41) is 0.348. The number of benzene rings is 1. The Hall–Kier alpha value is -1.08. The summed E-state index contributed by atoms with van der Waals surface area (Å²) in [4.78, 5) is 7.47. The van der Waals surface area contributed by atoms with E-state index in [9.17, 15) is 8.42 Å². The molecule has 0 aliphatic heterocycles. The first-order valence-corrected chi connectivity index (χ1v) is 7.88. The fraction of sp³-hybridized carbons (Fsp3) is 0.0909. The lowest BCUT2D eigenvalue weighted by molar-refractivity contribution is 0.600. The molecule has 106 valence electrons. The maximum absolute atomic E-state index is 12.3. The van der Waals surface area contributed by atoms with Gasteiger partial charge in [-0.15, -0.1) is 0 Å². The normalized spacial score (nSPS) is 11.4. The number of aromatic nitrogens is 2. The summed E-state index contributed by atoms with van der Waals surface area (Å²) in [6.07, 6.45) is 1.11. The highest BCUT2D eigenvalue weighted by atomic mass is 35.5. The lowest BCUT2D eigenvalue weighted by atomic mass is 10.2. The van der Waals surface area contributed by atoms with E-state index in [1.807, 2.05) is 0 Å². The van der Waals surface area contributed by atoms with Gasteiger partial charge in [-0.1, -0.05) is 34.8 Å². The van der Waals surface area contributed by atoms with Gasteiger partial charge < -0.3 is 0 Å². The molecular formula is C11H8Cl3N3O2S. The van der Waals surface area contributed by atoms with E-state index in [-0.39, 0.29) is 20.9 Å². The quantitative estimate of drug-likeness (QED) is 0.858. The van der Waals surface area contributed by atoms with Gasteiger partial charge in [0.1, 0.15) is 11.3 Å². The number of halogens is 3. The molecule has 20 heavy (non-hydrogen) atoms. The van der Waals surface area contributed by atoms with Gasteiger partial charge >= 0.3 is 0 Å². The van der Waals surface area contributed by atoms with Crippen LogP contribution in [0.2, 0.25) is 15.2 Å². The second-order valence-electron chi connectivity index (χ2n) is 3.84. The van der Waals surface area contributed by atoms with Crippen LogP contribution >= 0.6 is 34.8 Å². The van der Waals surface area contributed by atoms with Gasteiger partial charge in [0.2, 0.25) is 0 Å². The Bertz CT molecular complexity index is 766. The first-order valence-electron chi connectivity index (χ1n) is 5.26. The van der Waals surface area contributed by atoms with Crippen molar-refractivity contribution in [3.63, 3.8) is 0 Å². The molecule has 1 heterocycles. The highest BCUT2D eigenvalue weighted by Gasteiger charge is 2.20. The van der Waals surface area contributed by atoms with Gasteiger partial charge in [0, 0.05) is 5.02 Å². The van der Waals surface area contributed by atoms with E-state index in [4.69, 9.17) is 34.8 Å². The van der Waals surface area contributed by atoms with Crippen LogP contribution in [0.5, 0.6) is 0 Å². The van der Waals surface area contributed by atoms with Crippen molar-refractivity contribution in [3.05, 3.63) is 45.3 Å². The van der Waals surface area contributed by atoms with Crippen LogP contribution in [0.15, 0.2) is 29.4 Å². The minimum absolute atomic E-state index is 0.0350. The minimum Gasteiger partial charge on any atom is -0.262 e. The third-order valence-electron chi connectivity index (χ3n) is 2.40. The van der Waals surface area contributed by atoms with Crippen molar-refractivity contribution < 1.29 is 8.42 Å². The number of hydrogen-bond acceptors (Lipinski definition) is 4.